The molecule has 2 aromatic carbocycles. The van der Waals surface area contributed by atoms with Crippen molar-refractivity contribution in [3.05, 3.63) is 64.9 Å². The van der Waals surface area contributed by atoms with Crippen LogP contribution in [0.2, 0.25) is 5.02 Å². The summed E-state index contributed by atoms with van der Waals surface area (Å²) in [6.07, 6.45) is 2.39. The van der Waals surface area contributed by atoms with Gasteiger partial charge in [-0.3, -0.25) is 4.90 Å². The Kier molecular flexibility index (Phi) is 6.24. The first-order chi connectivity index (χ1) is 12.1. The van der Waals surface area contributed by atoms with Crippen LogP contribution in [-0.2, 0) is 0 Å². The summed E-state index contributed by atoms with van der Waals surface area (Å²) in [5.74, 6) is -0.325. The maximum Gasteiger partial charge on any atom is 0.170 e. The summed E-state index contributed by atoms with van der Waals surface area (Å²) in [4.78, 5) is 2.42. The molecule has 0 saturated carbocycles. The minimum absolute atomic E-state index is 0.136. The molecular weight excluding hydrogens is 357 g/mol. The maximum absolute atomic E-state index is 13.7. The van der Waals surface area contributed by atoms with Gasteiger partial charge < -0.3 is 10.6 Å². The third kappa shape index (κ3) is 4.69. The number of anilines is 1. The second-order valence-corrected chi connectivity index (χ2v) is 6.91. The lowest BCUT2D eigenvalue weighted by Gasteiger charge is -2.29. The molecule has 25 heavy (non-hydrogen) atoms. The fourth-order valence-electron chi connectivity index (χ4n) is 3.15. The zero-order chi connectivity index (χ0) is 17.6. The lowest BCUT2D eigenvalue weighted by Crippen LogP contribution is -2.38. The van der Waals surface area contributed by atoms with Crippen molar-refractivity contribution in [3.63, 3.8) is 0 Å². The summed E-state index contributed by atoms with van der Waals surface area (Å²) < 4.78 is 13.7. The van der Waals surface area contributed by atoms with E-state index in [-0.39, 0.29) is 11.9 Å². The van der Waals surface area contributed by atoms with Gasteiger partial charge in [-0.15, -0.1) is 0 Å². The largest absolute Gasteiger partial charge is 0.361 e. The van der Waals surface area contributed by atoms with Crippen molar-refractivity contribution in [1.82, 2.24) is 10.2 Å². The van der Waals surface area contributed by atoms with Gasteiger partial charge in [0.05, 0.1) is 11.7 Å². The van der Waals surface area contributed by atoms with Gasteiger partial charge in [-0.25, -0.2) is 4.39 Å². The van der Waals surface area contributed by atoms with Crippen LogP contribution >= 0.6 is 23.8 Å². The molecule has 132 valence electrons. The molecule has 1 fully saturated rings. The second kappa shape index (κ2) is 8.61. The molecule has 3 nitrogen and oxygen atoms in total. The Morgan fingerprint density at radius 3 is 2.52 bits per heavy atom. The fraction of sp³-hybridized carbons (Fsp3) is 0.316. The van der Waals surface area contributed by atoms with Crippen molar-refractivity contribution in [1.29, 1.82) is 0 Å². The number of benzene rings is 2. The molecule has 0 bridgehead atoms. The van der Waals surface area contributed by atoms with Gasteiger partial charge in [0, 0.05) is 11.6 Å². The Labute approximate surface area is 158 Å². The second-order valence-electron chi connectivity index (χ2n) is 6.10. The zero-order valence-corrected chi connectivity index (χ0v) is 15.4. The van der Waals surface area contributed by atoms with Crippen LogP contribution in [-0.4, -0.2) is 29.6 Å². The van der Waals surface area contributed by atoms with E-state index in [1.165, 1.54) is 18.9 Å². The SMILES string of the molecule is Fc1ccccc1NC(=S)NC[C@@H](c1ccccc1Cl)N1CCCC1. The van der Waals surface area contributed by atoms with E-state index in [0.717, 1.165) is 23.7 Å². The molecule has 2 N–H and O–H groups in total. The highest BCUT2D eigenvalue weighted by atomic mass is 35.5. The van der Waals surface area contributed by atoms with Crippen LogP contribution in [0.25, 0.3) is 0 Å². The number of hydrogen-bond donors (Lipinski definition) is 2. The van der Waals surface area contributed by atoms with Crippen LogP contribution in [0.15, 0.2) is 48.5 Å². The summed E-state index contributed by atoms with van der Waals surface area (Å²) in [5, 5.41) is 7.29. The predicted octanol–water partition coefficient (Wildman–Crippen LogP) is 4.60. The van der Waals surface area contributed by atoms with Gasteiger partial charge >= 0.3 is 0 Å². The molecular formula is C19H21ClFN3S. The summed E-state index contributed by atoms with van der Waals surface area (Å²) in [7, 11) is 0. The van der Waals surface area contributed by atoms with E-state index >= 15 is 0 Å². The Hall–Kier alpha value is -1.69. The van der Waals surface area contributed by atoms with Gasteiger partial charge in [0.15, 0.2) is 5.11 Å². The Balaban J connectivity index is 1.67. The first-order valence-electron chi connectivity index (χ1n) is 8.43. The summed E-state index contributed by atoms with van der Waals surface area (Å²) in [6.45, 7) is 2.71. The van der Waals surface area contributed by atoms with Gasteiger partial charge in [0.25, 0.3) is 0 Å². The lowest BCUT2D eigenvalue weighted by atomic mass is 10.1. The number of para-hydroxylation sites is 1. The van der Waals surface area contributed by atoms with E-state index in [0.29, 0.717) is 17.3 Å². The van der Waals surface area contributed by atoms with Crippen molar-refractivity contribution < 1.29 is 4.39 Å². The summed E-state index contributed by atoms with van der Waals surface area (Å²) >= 11 is 11.7. The van der Waals surface area contributed by atoms with Crippen molar-refractivity contribution in [2.75, 3.05) is 25.0 Å². The highest BCUT2D eigenvalue weighted by molar-refractivity contribution is 7.80. The van der Waals surface area contributed by atoms with E-state index in [1.807, 2.05) is 18.2 Å². The summed E-state index contributed by atoms with van der Waals surface area (Å²) in [5.41, 5.74) is 1.46. The van der Waals surface area contributed by atoms with Crippen molar-refractivity contribution in [2.24, 2.45) is 0 Å². The maximum atomic E-state index is 13.7. The smallest absolute Gasteiger partial charge is 0.170 e. The molecule has 0 aromatic heterocycles. The first-order valence-corrected chi connectivity index (χ1v) is 9.21. The van der Waals surface area contributed by atoms with Crippen molar-refractivity contribution in [3.8, 4) is 0 Å². The average molecular weight is 378 g/mol. The van der Waals surface area contributed by atoms with Crippen LogP contribution in [0.5, 0.6) is 0 Å². The number of likely N-dealkylation sites (tertiary alicyclic amines) is 1. The molecule has 1 saturated heterocycles. The first kappa shape index (κ1) is 18.1. The molecule has 0 unspecified atom stereocenters. The van der Waals surface area contributed by atoms with E-state index < -0.39 is 0 Å². The minimum atomic E-state index is -0.325. The molecule has 0 amide bonds. The van der Waals surface area contributed by atoms with E-state index in [9.17, 15) is 4.39 Å². The van der Waals surface area contributed by atoms with Gasteiger partial charge in [-0.05, 0) is 61.9 Å². The number of hydrogen-bond acceptors (Lipinski definition) is 2. The third-order valence-corrected chi connectivity index (χ3v) is 5.01. The number of nitrogens with one attached hydrogen (secondary N) is 2. The van der Waals surface area contributed by atoms with Crippen LogP contribution < -0.4 is 10.6 Å². The Morgan fingerprint density at radius 1 is 1.12 bits per heavy atom. The monoisotopic (exact) mass is 377 g/mol. The lowest BCUT2D eigenvalue weighted by molar-refractivity contribution is 0.246. The van der Waals surface area contributed by atoms with Crippen LogP contribution in [0.4, 0.5) is 10.1 Å². The standard InChI is InChI=1S/C19H21ClFN3S/c20-15-8-2-1-7-14(15)18(24-11-5-6-12-24)13-22-19(25)23-17-10-4-3-9-16(17)21/h1-4,7-10,18H,5-6,11-13H2,(H2,22,23,25)/t18-/m0/s1. The molecule has 1 heterocycles. The van der Waals surface area contributed by atoms with Crippen molar-refractivity contribution in [2.45, 2.75) is 18.9 Å². The third-order valence-electron chi connectivity index (χ3n) is 4.42. The number of thiocarbonyl (C=S) groups is 1. The minimum Gasteiger partial charge on any atom is -0.361 e. The number of rotatable bonds is 5. The zero-order valence-electron chi connectivity index (χ0n) is 13.8. The van der Waals surface area contributed by atoms with Crippen molar-refractivity contribution >= 4 is 34.6 Å². The molecule has 6 heteroatoms. The number of nitrogens with zero attached hydrogens (tertiary/aromatic N) is 1. The molecule has 3 rings (SSSR count). The highest BCUT2D eigenvalue weighted by Crippen LogP contribution is 2.29. The average Bonchev–Trinajstić information content (AvgIpc) is 3.13. The molecule has 1 aliphatic heterocycles. The molecule has 0 aliphatic carbocycles. The van der Waals surface area contributed by atoms with E-state index in [2.05, 4.69) is 21.6 Å². The van der Waals surface area contributed by atoms with Gasteiger partial charge in [-0.2, -0.15) is 0 Å². The predicted molar refractivity (Wildman–Crippen MR) is 106 cm³/mol. The van der Waals surface area contributed by atoms with E-state index in [1.54, 1.807) is 18.2 Å². The van der Waals surface area contributed by atoms with E-state index in [4.69, 9.17) is 23.8 Å². The Morgan fingerprint density at radius 2 is 1.80 bits per heavy atom. The Bertz CT molecular complexity index is 734. The number of halogens is 2. The van der Waals surface area contributed by atoms with Gasteiger partial charge in [0.2, 0.25) is 0 Å². The molecule has 2 aromatic rings. The van der Waals surface area contributed by atoms with Gasteiger partial charge in [-0.1, -0.05) is 41.9 Å². The quantitative estimate of drug-likeness (QED) is 0.744. The summed E-state index contributed by atoms with van der Waals surface area (Å²) in [6, 6.07) is 14.5. The normalized spacial score (nSPS) is 15.8. The molecule has 1 atom stereocenters. The molecule has 0 radical (unpaired) electrons. The molecule has 0 spiro atoms. The fourth-order valence-corrected chi connectivity index (χ4v) is 3.61. The van der Waals surface area contributed by atoms with Crippen LogP contribution in [0.1, 0.15) is 24.4 Å². The molecule has 1 aliphatic rings. The van der Waals surface area contributed by atoms with Gasteiger partial charge in [0.1, 0.15) is 5.82 Å². The topological polar surface area (TPSA) is 27.3 Å². The van der Waals surface area contributed by atoms with Crippen LogP contribution in [0, 0.1) is 5.82 Å². The van der Waals surface area contributed by atoms with Crippen LogP contribution in [0.3, 0.4) is 0 Å². The highest BCUT2D eigenvalue weighted by Gasteiger charge is 2.25.